The van der Waals surface area contributed by atoms with Gasteiger partial charge in [-0.25, -0.2) is 14.6 Å². The summed E-state index contributed by atoms with van der Waals surface area (Å²) in [7, 11) is 0. The molecule has 10 nitrogen and oxygen atoms in total. The highest BCUT2D eigenvalue weighted by Crippen LogP contribution is 2.42. The van der Waals surface area contributed by atoms with Crippen LogP contribution in [0.1, 0.15) is 22.0 Å². The molecule has 148 valence electrons. The number of urea groups is 2. The van der Waals surface area contributed by atoms with E-state index >= 15 is 0 Å². The van der Waals surface area contributed by atoms with E-state index in [-0.39, 0.29) is 12.1 Å². The average Bonchev–Trinajstić information content (AvgIpc) is 2.99. The summed E-state index contributed by atoms with van der Waals surface area (Å²) in [5.74, 6) is -2.10. The smallest absolute Gasteiger partial charge is 0.363 e. The Balaban J connectivity index is 1.63. The summed E-state index contributed by atoms with van der Waals surface area (Å²) in [6, 6.07) is 12.7. The van der Waals surface area contributed by atoms with E-state index in [9.17, 15) is 24.3 Å². The number of aliphatic carboxylic acids is 1. The minimum atomic E-state index is -1.48. The molecule has 0 aliphatic carbocycles. The second-order valence-corrected chi connectivity index (χ2v) is 6.35. The highest BCUT2D eigenvalue weighted by atomic mass is 16.7. The maximum atomic E-state index is 12.9. The van der Waals surface area contributed by atoms with Crippen LogP contribution in [-0.2, 0) is 9.63 Å². The van der Waals surface area contributed by atoms with E-state index in [0.29, 0.717) is 11.3 Å². The zero-order valence-corrected chi connectivity index (χ0v) is 15.0. The fourth-order valence-corrected chi connectivity index (χ4v) is 3.35. The Morgan fingerprint density at radius 1 is 1.07 bits per heavy atom. The van der Waals surface area contributed by atoms with Crippen LogP contribution in [0, 0.1) is 0 Å². The first kappa shape index (κ1) is 18.4. The number of benzene rings is 2. The first-order valence-electron chi connectivity index (χ1n) is 8.70. The number of nitrogens with zero attached hydrogens (tertiary/aromatic N) is 3. The normalized spacial score (nSPS) is 17.2. The third-order valence-electron chi connectivity index (χ3n) is 4.57. The molecule has 0 saturated carbocycles. The average molecular weight is 395 g/mol. The van der Waals surface area contributed by atoms with Crippen LogP contribution in [0.2, 0.25) is 0 Å². The summed E-state index contributed by atoms with van der Waals surface area (Å²) in [5, 5.41) is 16.0. The summed E-state index contributed by atoms with van der Waals surface area (Å²) >= 11 is 0. The topological polar surface area (TPSA) is 122 Å². The van der Waals surface area contributed by atoms with Gasteiger partial charge in [0.1, 0.15) is 12.6 Å². The van der Waals surface area contributed by atoms with Crippen molar-refractivity contribution in [1.29, 1.82) is 0 Å². The molecule has 2 aromatic rings. The quantitative estimate of drug-likeness (QED) is 0.801. The molecule has 2 heterocycles. The molecule has 1 atom stereocenters. The molecule has 2 aliphatic rings. The number of rotatable bonds is 4. The van der Waals surface area contributed by atoms with Gasteiger partial charge in [0.15, 0.2) is 0 Å². The van der Waals surface area contributed by atoms with Crippen molar-refractivity contribution < 1.29 is 29.1 Å². The monoisotopic (exact) mass is 395 g/mol. The molecule has 2 aromatic carbocycles. The van der Waals surface area contributed by atoms with Crippen molar-refractivity contribution in [2.45, 2.75) is 6.04 Å². The minimum Gasteiger partial charge on any atom is -0.548 e. The molecule has 5 amide bonds. The first-order valence-corrected chi connectivity index (χ1v) is 8.70. The van der Waals surface area contributed by atoms with Crippen LogP contribution in [0.15, 0.2) is 54.6 Å². The maximum absolute atomic E-state index is 12.9. The van der Waals surface area contributed by atoms with Crippen LogP contribution < -0.4 is 15.4 Å². The van der Waals surface area contributed by atoms with Gasteiger partial charge >= 0.3 is 12.1 Å². The van der Waals surface area contributed by atoms with E-state index in [1.807, 2.05) is 0 Å². The van der Waals surface area contributed by atoms with Crippen molar-refractivity contribution in [3.63, 3.8) is 0 Å². The number of hydroxylamine groups is 2. The number of carbonyl (C=O) groups is 4. The molecule has 10 heteroatoms. The van der Waals surface area contributed by atoms with Gasteiger partial charge in [-0.2, -0.15) is 10.1 Å². The van der Waals surface area contributed by atoms with Crippen LogP contribution in [0.5, 0.6) is 0 Å². The number of carboxylic acids is 1. The number of nitrogens with one attached hydrogen (secondary N) is 1. The van der Waals surface area contributed by atoms with Gasteiger partial charge in [-0.1, -0.05) is 36.4 Å². The number of para-hydroxylation sites is 1. The zero-order chi connectivity index (χ0) is 20.5. The van der Waals surface area contributed by atoms with Crippen LogP contribution in [0.4, 0.5) is 15.3 Å². The minimum absolute atomic E-state index is 0.0514. The molecule has 0 radical (unpaired) electrons. The summed E-state index contributed by atoms with van der Waals surface area (Å²) in [5.41, 5.74) is 1.25. The van der Waals surface area contributed by atoms with E-state index in [1.54, 1.807) is 54.6 Å². The van der Waals surface area contributed by atoms with Crippen LogP contribution in [0.25, 0.3) is 0 Å². The molecule has 1 saturated heterocycles. The Morgan fingerprint density at radius 3 is 2.48 bits per heavy atom. The largest absolute Gasteiger partial charge is 0.548 e. The molecule has 4 rings (SSSR count). The van der Waals surface area contributed by atoms with Gasteiger partial charge in [0.2, 0.25) is 0 Å². The van der Waals surface area contributed by atoms with E-state index in [1.165, 1.54) is 0 Å². The Bertz CT molecular complexity index is 995. The number of amides is 5. The number of imide groups is 1. The molecule has 0 spiro atoms. The SMILES string of the molecule is O=C([O-])CON1C(=O)N2CC1c1ccccc1N2C(=O)NC(=O)c1ccccc1. The molecule has 1 N–H and O–H groups in total. The number of hydrazine groups is 1. The van der Waals surface area contributed by atoms with Crippen molar-refractivity contribution in [3.8, 4) is 0 Å². The predicted molar refractivity (Wildman–Crippen MR) is 95.9 cm³/mol. The summed E-state index contributed by atoms with van der Waals surface area (Å²) in [4.78, 5) is 53.8. The number of carboxylic acid groups (broad SMARTS) is 1. The number of hydrogen-bond donors (Lipinski definition) is 1. The summed E-state index contributed by atoms with van der Waals surface area (Å²) in [6.45, 7) is -0.757. The van der Waals surface area contributed by atoms with E-state index < -0.39 is 36.6 Å². The zero-order valence-electron chi connectivity index (χ0n) is 15.0. The van der Waals surface area contributed by atoms with Gasteiger partial charge < -0.3 is 9.90 Å². The molecule has 29 heavy (non-hydrogen) atoms. The highest BCUT2D eigenvalue weighted by molar-refractivity contribution is 6.10. The van der Waals surface area contributed by atoms with Gasteiger partial charge in [0, 0.05) is 11.1 Å². The Labute approximate surface area is 164 Å². The van der Waals surface area contributed by atoms with Crippen molar-refractivity contribution in [2.75, 3.05) is 18.2 Å². The summed E-state index contributed by atoms with van der Waals surface area (Å²) < 4.78 is 0. The van der Waals surface area contributed by atoms with Crippen molar-refractivity contribution in [1.82, 2.24) is 15.4 Å². The van der Waals surface area contributed by atoms with E-state index in [2.05, 4.69) is 5.32 Å². The van der Waals surface area contributed by atoms with Crippen molar-refractivity contribution in [2.24, 2.45) is 0 Å². The van der Waals surface area contributed by atoms with Gasteiger partial charge in [0.25, 0.3) is 5.91 Å². The van der Waals surface area contributed by atoms with Crippen LogP contribution in [-0.4, -0.2) is 47.2 Å². The molecule has 1 unspecified atom stereocenters. The highest BCUT2D eigenvalue weighted by Gasteiger charge is 2.50. The van der Waals surface area contributed by atoms with Crippen LogP contribution in [0.3, 0.4) is 0 Å². The Hall–Kier alpha value is -3.92. The standard InChI is InChI=1S/C19H16N4O6/c24-16(25)11-29-23-15-10-21(19(23)28)22(14-9-5-4-8-13(14)15)18(27)20-17(26)12-6-2-1-3-7-12/h1-9,15H,10-11H2,(H,24,25)(H,20,26,27)/p-1. The van der Waals surface area contributed by atoms with E-state index in [0.717, 1.165) is 15.1 Å². The number of anilines is 1. The Kier molecular flexibility index (Phi) is 4.61. The van der Waals surface area contributed by atoms with Crippen LogP contribution >= 0.6 is 0 Å². The summed E-state index contributed by atoms with van der Waals surface area (Å²) in [6.07, 6.45) is 0. The lowest BCUT2D eigenvalue weighted by Gasteiger charge is -2.34. The molecule has 2 aliphatic heterocycles. The molecular weight excluding hydrogens is 380 g/mol. The molecular formula is C19H15N4O6-. The first-order chi connectivity index (χ1) is 14.0. The third-order valence-corrected chi connectivity index (χ3v) is 4.57. The lowest BCUT2D eigenvalue weighted by molar-refractivity contribution is -0.316. The fourth-order valence-electron chi connectivity index (χ4n) is 3.35. The molecule has 1 fully saturated rings. The maximum Gasteiger partial charge on any atom is 0.363 e. The number of carbonyl (C=O) groups excluding carboxylic acids is 4. The second-order valence-electron chi connectivity index (χ2n) is 6.35. The van der Waals surface area contributed by atoms with Gasteiger partial charge in [-0.3, -0.25) is 14.9 Å². The lowest BCUT2D eigenvalue weighted by Crippen LogP contribution is -2.54. The van der Waals surface area contributed by atoms with E-state index in [4.69, 9.17) is 4.84 Å². The third kappa shape index (κ3) is 3.25. The lowest BCUT2D eigenvalue weighted by atomic mass is 10.0. The van der Waals surface area contributed by atoms with Gasteiger partial charge in [0.05, 0.1) is 18.2 Å². The predicted octanol–water partition coefficient (Wildman–Crippen LogP) is 0.432. The molecule has 2 bridgehead atoms. The number of hydrogen-bond acceptors (Lipinski definition) is 6. The Morgan fingerprint density at radius 2 is 1.76 bits per heavy atom. The number of fused-ring (bicyclic) bond motifs is 4. The van der Waals surface area contributed by atoms with Crippen molar-refractivity contribution >= 4 is 29.6 Å². The van der Waals surface area contributed by atoms with Gasteiger partial charge in [-0.15, -0.1) is 0 Å². The fraction of sp³-hybridized carbons (Fsp3) is 0.158. The van der Waals surface area contributed by atoms with Gasteiger partial charge in [-0.05, 0) is 18.2 Å². The second kappa shape index (κ2) is 7.24. The molecule has 0 aromatic heterocycles. The van der Waals surface area contributed by atoms with Crippen molar-refractivity contribution in [3.05, 3.63) is 65.7 Å².